The lowest BCUT2D eigenvalue weighted by atomic mass is 10.2. The maximum atomic E-state index is 9.61. The van der Waals surface area contributed by atoms with Crippen LogP contribution < -0.4 is 0 Å². The van der Waals surface area contributed by atoms with Gasteiger partial charge in [0.2, 0.25) is 0 Å². The van der Waals surface area contributed by atoms with Crippen molar-refractivity contribution < 1.29 is 14.7 Å². The molecule has 0 aromatic heterocycles. The highest BCUT2D eigenvalue weighted by Crippen LogP contribution is 2.10. The van der Waals surface area contributed by atoms with Gasteiger partial charge in [0.15, 0.2) is 5.34 Å². The Morgan fingerprint density at radius 1 is 1.73 bits per heavy atom. The summed E-state index contributed by atoms with van der Waals surface area (Å²) in [5.74, 6) is 2.64. The van der Waals surface area contributed by atoms with E-state index in [2.05, 4.69) is 10.2 Å². The molecule has 0 fully saturated rings. The van der Waals surface area contributed by atoms with Gasteiger partial charge < -0.3 is 14.7 Å². The second kappa shape index (κ2) is 9.03. The fraction of sp³-hybridized carbons (Fsp3) is 0.600. The summed E-state index contributed by atoms with van der Waals surface area (Å²) < 4.78 is 5.04. The van der Waals surface area contributed by atoms with Crippen LogP contribution in [0, 0.1) is 17.3 Å². The number of allylic oxidation sites excluding steroid dienone is 2. The molecule has 0 saturated heterocycles. The minimum Gasteiger partial charge on any atom is -0.458 e. The van der Waals surface area contributed by atoms with Crippen LogP contribution in [-0.4, -0.2) is 18.0 Å². The lowest BCUT2D eigenvalue weighted by molar-refractivity contribution is -0.0234. The Labute approximate surface area is 89.0 Å². The first-order chi connectivity index (χ1) is 7.24. The highest BCUT2D eigenvalue weighted by molar-refractivity contribution is 4.97. The van der Waals surface area contributed by atoms with Crippen molar-refractivity contribution in [3.8, 4) is 12.3 Å². The Bertz CT molecular complexity index is 244. The molecule has 0 saturated carbocycles. The van der Waals surface area contributed by atoms with Crippen LogP contribution >= 0.6 is 0 Å². The third kappa shape index (κ3) is 7.52. The number of aliphatic hydroxyl groups is 1. The van der Waals surface area contributed by atoms with Crippen LogP contribution in [0.5, 0.6) is 0 Å². The van der Waals surface area contributed by atoms with Crippen molar-refractivity contribution in [2.45, 2.75) is 32.5 Å². The molecule has 1 N–H and O–H groups in total. The maximum absolute atomic E-state index is 9.61. The summed E-state index contributed by atoms with van der Waals surface area (Å²) in [6, 6.07) is 0. The molecule has 0 aliphatic rings. The first-order valence-corrected chi connectivity index (χ1v) is 4.69. The highest BCUT2D eigenvalue weighted by atomic mass is 16.7. The summed E-state index contributed by atoms with van der Waals surface area (Å²) in [4.78, 5) is 13.9. The molecule has 0 aromatic carbocycles. The average molecular weight is 213 g/mol. The SMILES string of the molecule is C#CC(O)O/C(=C\CC)CCCON=O. The van der Waals surface area contributed by atoms with Crippen molar-refractivity contribution in [2.75, 3.05) is 6.61 Å². The fourth-order valence-corrected chi connectivity index (χ4v) is 0.962. The molecule has 0 aromatic rings. The summed E-state index contributed by atoms with van der Waals surface area (Å²) in [5, 5.41) is 11.3. The number of terminal acetylenes is 1. The van der Waals surface area contributed by atoms with Crippen LogP contribution in [0.1, 0.15) is 26.2 Å². The predicted octanol–water partition coefficient (Wildman–Crippen LogP) is 1.73. The minimum atomic E-state index is -1.23. The molecule has 84 valence electrons. The summed E-state index contributed by atoms with van der Waals surface area (Å²) in [5.41, 5.74) is 0. The van der Waals surface area contributed by atoms with E-state index in [1.807, 2.05) is 18.9 Å². The van der Waals surface area contributed by atoms with Gasteiger partial charge >= 0.3 is 0 Å². The van der Waals surface area contributed by atoms with Gasteiger partial charge in [0, 0.05) is 6.42 Å². The summed E-state index contributed by atoms with van der Waals surface area (Å²) >= 11 is 0. The quantitative estimate of drug-likeness (QED) is 0.166. The maximum Gasteiger partial charge on any atom is 0.261 e. The van der Waals surface area contributed by atoms with Crippen molar-refractivity contribution in [2.24, 2.45) is 5.34 Å². The zero-order valence-electron chi connectivity index (χ0n) is 8.68. The molecule has 5 heteroatoms. The number of nitrogens with zero attached hydrogens (tertiary/aromatic N) is 1. The van der Waals surface area contributed by atoms with Crippen molar-refractivity contribution in [3.05, 3.63) is 16.7 Å². The molecule has 0 amide bonds. The van der Waals surface area contributed by atoms with Gasteiger partial charge in [-0.05, 0) is 24.8 Å². The van der Waals surface area contributed by atoms with E-state index in [1.54, 1.807) is 0 Å². The van der Waals surface area contributed by atoms with Gasteiger partial charge in [0.1, 0.15) is 6.61 Å². The molecule has 1 atom stereocenters. The lowest BCUT2D eigenvalue weighted by Crippen LogP contribution is -2.08. The van der Waals surface area contributed by atoms with E-state index in [9.17, 15) is 4.91 Å². The second-order valence-corrected chi connectivity index (χ2v) is 2.73. The van der Waals surface area contributed by atoms with Crippen LogP contribution in [0.3, 0.4) is 0 Å². The van der Waals surface area contributed by atoms with Gasteiger partial charge in [-0.3, -0.25) is 0 Å². The van der Waals surface area contributed by atoms with E-state index in [1.165, 1.54) is 0 Å². The molecule has 0 aliphatic heterocycles. The van der Waals surface area contributed by atoms with Crippen LogP contribution in [0.2, 0.25) is 0 Å². The van der Waals surface area contributed by atoms with Gasteiger partial charge in [-0.15, -0.1) is 11.3 Å². The van der Waals surface area contributed by atoms with Gasteiger partial charge in [-0.25, -0.2) is 0 Å². The van der Waals surface area contributed by atoms with Crippen molar-refractivity contribution in [3.63, 3.8) is 0 Å². The number of aliphatic hydroxyl groups excluding tert-OH is 1. The Hall–Kier alpha value is -1.54. The summed E-state index contributed by atoms with van der Waals surface area (Å²) in [7, 11) is 0. The third-order valence-corrected chi connectivity index (χ3v) is 1.55. The van der Waals surface area contributed by atoms with Crippen LogP contribution in [-0.2, 0) is 9.57 Å². The number of hydrogen-bond donors (Lipinski definition) is 1. The Kier molecular flexibility index (Phi) is 8.10. The highest BCUT2D eigenvalue weighted by Gasteiger charge is 2.04. The van der Waals surface area contributed by atoms with Crippen molar-refractivity contribution in [1.82, 2.24) is 0 Å². The zero-order valence-corrected chi connectivity index (χ0v) is 8.68. The van der Waals surface area contributed by atoms with Crippen LogP contribution in [0.25, 0.3) is 0 Å². The average Bonchev–Trinajstić information content (AvgIpc) is 2.24. The van der Waals surface area contributed by atoms with Crippen LogP contribution in [0.15, 0.2) is 17.2 Å². The van der Waals surface area contributed by atoms with Gasteiger partial charge in [-0.2, -0.15) is 0 Å². The predicted molar refractivity (Wildman–Crippen MR) is 55.3 cm³/mol. The summed E-state index contributed by atoms with van der Waals surface area (Å²) in [6.07, 6.45) is 7.44. The minimum absolute atomic E-state index is 0.222. The topological polar surface area (TPSA) is 68.1 Å². The zero-order chi connectivity index (χ0) is 11.5. The van der Waals surface area contributed by atoms with Gasteiger partial charge in [0.25, 0.3) is 6.29 Å². The molecular formula is C10H15NO4. The Balaban J connectivity index is 3.90. The molecule has 0 spiro atoms. The molecule has 1 unspecified atom stereocenters. The van der Waals surface area contributed by atoms with E-state index in [0.29, 0.717) is 18.6 Å². The number of ether oxygens (including phenoxy) is 1. The molecule has 5 nitrogen and oxygen atoms in total. The molecule has 0 radical (unpaired) electrons. The third-order valence-electron chi connectivity index (χ3n) is 1.55. The molecule has 0 aliphatic carbocycles. The normalized spacial score (nSPS) is 12.7. The standard InChI is InChI=1S/C10H15NO4/c1-3-6-9(15-10(12)4-2)7-5-8-14-11-13/h2,6,10,12H,3,5,7-8H2,1H3/b9-6-. The van der Waals surface area contributed by atoms with E-state index in [-0.39, 0.29) is 6.61 Å². The molecule has 0 rings (SSSR count). The van der Waals surface area contributed by atoms with Gasteiger partial charge in [0.05, 0.1) is 5.76 Å². The van der Waals surface area contributed by atoms with Crippen LogP contribution in [0.4, 0.5) is 0 Å². The van der Waals surface area contributed by atoms with Crippen molar-refractivity contribution >= 4 is 0 Å². The van der Waals surface area contributed by atoms with E-state index in [4.69, 9.17) is 16.3 Å². The Morgan fingerprint density at radius 2 is 2.47 bits per heavy atom. The molecule has 0 bridgehead atoms. The van der Waals surface area contributed by atoms with E-state index in [0.717, 1.165) is 6.42 Å². The molecule has 0 heterocycles. The van der Waals surface area contributed by atoms with E-state index >= 15 is 0 Å². The number of hydrogen-bond acceptors (Lipinski definition) is 5. The first kappa shape index (κ1) is 13.5. The van der Waals surface area contributed by atoms with Crippen molar-refractivity contribution in [1.29, 1.82) is 0 Å². The Morgan fingerprint density at radius 3 is 3.00 bits per heavy atom. The smallest absolute Gasteiger partial charge is 0.261 e. The summed E-state index contributed by atoms with van der Waals surface area (Å²) in [6.45, 7) is 2.16. The molecule has 15 heavy (non-hydrogen) atoms. The van der Waals surface area contributed by atoms with Gasteiger partial charge in [-0.1, -0.05) is 6.92 Å². The molecular weight excluding hydrogens is 198 g/mol. The fourth-order valence-electron chi connectivity index (χ4n) is 0.962. The first-order valence-electron chi connectivity index (χ1n) is 4.69. The largest absolute Gasteiger partial charge is 0.458 e. The monoisotopic (exact) mass is 213 g/mol. The number of rotatable bonds is 8. The van der Waals surface area contributed by atoms with E-state index < -0.39 is 6.29 Å². The lowest BCUT2D eigenvalue weighted by Gasteiger charge is -2.11. The second-order valence-electron chi connectivity index (χ2n) is 2.73.